The van der Waals surface area contributed by atoms with Gasteiger partial charge in [0.2, 0.25) is 5.76 Å². The summed E-state index contributed by atoms with van der Waals surface area (Å²) in [5.74, 6) is -0.305. The van der Waals surface area contributed by atoms with Crippen LogP contribution in [0.25, 0.3) is 0 Å². The van der Waals surface area contributed by atoms with Gasteiger partial charge in [-0.2, -0.15) is 5.26 Å². The van der Waals surface area contributed by atoms with Crippen molar-refractivity contribution in [1.29, 1.82) is 5.26 Å². The lowest BCUT2D eigenvalue weighted by Crippen LogP contribution is -2.34. The normalized spacial score (nSPS) is 20.3. The molecule has 0 bridgehead atoms. The number of rotatable bonds is 5. The molecule has 2 aliphatic rings. The van der Waals surface area contributed by atoms with Gasteiger partial charge in [0.05, 0.1) is 30.8 Å². The number of benzene rings is 1. The SMILES string of the molecule is N#CC1(c2ccc(N3C[C@H](CNC(=O)c4ccno4)OC3=O)cc2)CC1. The molecule has 4 rings (SSSR count). The molecule has 1 aliphatic heterocycles. The van der Waals surface area contributed by atoms with E-state index in [2.05, 4.69) is 16.5 Å². The number of anilines is 1. The fourth-order valence-electron chi connectivity index (χ4n) is 3.02. The Kier molecular flexibility index (Phi) is 3.84. The van der Waals surface area contributed by atoms with Crippen LogP contribution in [0, 0.1) is 11.3 Å². The largest absolute Gasteiger partial charge is 0.442 e. The van der Waals surface area contributed by atoms with Crippen LogP contribution in [0.1, 0.15) is 29.0 Å². The number of ether oxygens (including phenoxy) is 1. The highest BCUT2D eigenvalue weighted by molar-refractivity contribution is 5.92. The van der Waals surface area contributed by atoms with Crippen LogP contribution in [0.15, 0.2) is 41.1 Å². The molecule has 1 saturated carbocycles. The molecular weight excluding hydrogens is 336 g/mol. The predicted molar refractivity (Wildman–Crippen MR) is 89.4 cm³/mol. The first-order chi connectivity index (χ1) is 12.6. The Morgan fingerprint density at radius 1 is 1.35 bits per heavy atom. The van der Waals surface area contributed by atoms with Gasteiger partial charge in [-0.25, -0.2) is 4.79 Å². The Labute approximate surface area is 149 Å². The van der Waals surface area contributed by atoms with E-state index in [0.717, 1.165) is 18.4 Å². The zero-order chi connectivity index (χ0) is 18.1. The van der Waals surface area contributed by atoms with Crippen LogP contribution in [-0.2, 0) is 10.2 Å². The second kappa shape index (κ2) is 6.19. The minimum Gasteiger partial charge on any atom is -0.442 e. The number of nitriles is 1. The summed E-state index contributed by atoms with van der Waals surface area (Å²) in [4.78, 5) is 25.5. The number of nitrogens with one attached hydrogen (secondary N) is 1. The Bertz CT molecular complexity index is 866. The smallest absolute Gasteiger partial charge is 0.414 e. The van der Waals surface area contributed by atoms with Gasteiger partial charge in [-0.3, -0.25) is 9.69 Å². The van der Waals surface area contributed by atoms with Gasteiger partial charge in [0.15, 0.2) is 0 Å². The number of nitrogens with zero attached hydrogens (tertiary/aromatic N) is 3. The lowest BCUT2D eigenvalue weighted by molar-refractivity contribution is 0.0880. The first kappa shape index (κ1) is 16.1. The molecule has 2 heterocycles. The topological polar surface area (TPSA) is 108 Å². The molecule has 2 amide bonds. The van der Waals surface area contributed by atoms with E-state index in [1.165, 1.54) is 17.2 Å². The van der Waals surface area contributed by atoms with Crippen LogP contribution < -0.4 is 10.2 Å². The molecule has 8 nitrogen and oxygen atoms in total. The van der Waals surface area contributed by atoms with Crippen LogP contribution in [0.3, 0.4) is 0 Å². The molecule has 1 aromatic carbocycles. The quantitative estimate of drug-likeness (QED) is 0.881. The molecule has 2 aromatic rings. The molecule has 132 valence electrons. The fourth-order valence-corrected chi connectivity index (χ4v) is 3.02. The van der Waals surface area contributed by atoms with Gasteiger partial charge in [0.25, 0.3) is 5.91 Å². The van der Waals surface area contributed by atoms with Gasteiger partial charge in [0, 0.05) is 11.8 Å². The summed E-state index contributed by atoms with van der Waals surface area (Å²) >= 11 is 0. The second-order valence-corrected chi connectivity index (χ2v) is 6.44. The van der Waals surface area contributed by atoms with Gasteiger partial charge in [-0.1, -0.05) is 17.3 Å². The Hall–Kier alpha value is -3.34. The molecule has 1 N–H and O–H groups in total. The van der Waals surface area contributed by atoms with Crippen molar-refractivity contribution < 1.29 is 18.8 Å². The zero-order valence-electron chi connectivity index (χ0n) is 13.8. The van der Waals surface area contributed by atoms with Crippen molar-refractivity contribution in [2.45, 2.75) is 24.4 Å². The van der Waals surface area contributed by atoms with Crippen LogP contribution in [0.5, 0.6) is 0 Å². The summed E-state index contributed by atoms with van der Waals surface area (Å²) in [7, 11) is 0. The molecular formula is C18H16N4O4. The highest BCUT2D eigenvalue weighted by atomic mass is 16.6. The van der Waals surface area contributed by atoms with E-state index >= 15 is 0 Å². The summed E-state index contributed by atoms with van der Waals surface area (Å²) in [5.41, 5.74) is 1.33. The molecule has 1 aliphatic carbocycles. The molecule has 1 saturated heterocycles. The number of cyclic esters (lactones) is 1. The molecule has 0 radical (unpaired) electrons. The maximum Gasteiger partial charge on any atom is 0.414 e. The standard InChI is InChI=1S/C18H16N4O4/c19-11-18(6-7-18)12-1-3-13(4-2-12)22-10-14(25-17(22)24)9-20-16(23)15-5-8-21-26-15/h1-5,8,14H,6-7,9-10H2,(H,20,23)/t14-/m0/s1. The number of carbonyl (C=O) groups is 2. The number of carbonyl (C=O) groups excluding carboxylic acids is 2. The molecule has 26 heavy (non-hydrogen) atoms. The van der Waals surface area contributed by atoms with Crippen molar-refractivity contribution >= 4 is 17.7 Å². The van der Waals surface area contributed by atoms with Crippen molar-refractivity contribution in [3.63, 3.8) is 0 Å². The number of hydrogen-bond acceptors (Lipinski definition) is 6. The Morgan fingerprint density at radius 2 is 2.12 bits per heavy atom. The maximum absolute atomic E-state index is 12.1. The predicted octanol–water partition coefficient (Wildman–Crippen LogP) is 1.98. The van der Waals surface area contributed by atoms with Crippen molar-refractivity contribution in [3.05, 3.63) is 47.9 Å². The van der Waals surface area contributed by atoms with Crippen molar-refractivity contribution in [1.82, 2.24) is 10.5 Å². The highest BCUT2D eigenvalue weighted by Gasteiger charge is 2.45. The van der Waals surface area contributed by atoms with Gasteiger partial charge in [-0.05, 0) is 30.5 Å². The molecule has 0 spiro atoms. The van der Waals surface area contributed by atoms with Crippen molar-refractivity contribution in [2.75, 3.05) is 18.0 Å². The summed E-state index contributed by atoms with van der Waals surface area (Å²) in [6, 6.07) is 11.2. The monoisotopic (exact) mass is 352 g/mol. The first-order valence-corrected chi connectivity index (χ1v) is 8.30. The van der Waals surface area contributed by atoms with E-state index in [-0.39, 0.29) is 17.7 Å². The number of aromatic nitrogens is 1. The van der Waals surface area contributed by atoms with E-state index in [4.69, 9.17) is 9.26 Å². The highest BCUT2D eigenvalue weighted by Crippen LogP contribution is 2.47. The Morgan fingerprint density at radius 3 is 2.73 bits per heavy atom. The van der Waals surface area contributed by atoms with E-state index < -0.39 is 18.1 Å². The van der Waals surface area contributed by atoms with Crippen LogP contribution in [0.2, 0.25) is 0 Å². The van der Waals surface area contributed by atoms with E-state index in [0.29, 0.717) is 12.2 Å². The first-order valence-electron chi connectivity index (χ1n) is 8.30. The average molecular weight is 352 g/mol. The van der Waals surface area contributed by atoms with Gasteiger partial charge in [0.1, 0.15) is 6.10 Å². The minimum atomic E-state index is -0.460. The second-order valence-electron chi connectivity index (χ2n) is 6.44. The van der Waals surface area contributed by atoms with Crippen LogP contribution >= 0.6 is 0 Å². The lowest BCUT2D eigenvalue weighted by Gasteiger charge is -2.14. The molecule has 1 aromatic heterocycles. The van der Waals surface area contributed by atoms with E-state index in [1.54, 1.807) is 0 Å². The third kappa shape index (κ3) is 2.88. The fraction of sp³-hybridized carbons (Fsp3) is 0.333. The molecule has 0 unspecified atom stereocenters. The van der Waals surface area contributed by atoms with E-state index in [1.807, 2.05) is 24.3 Å². The van der Waals surface area contributed by atoms with Crippen molar-refractivity contribution in [3.8, 4) is 6.07 Å². The maximum atomic E-state index is 12.1. The average Bonchev–Trinajstić information content (AvgIpc) is 3.09. The van der Waals surface area contributed by atoms with Crippen molar-refractivity contribution in [2.24, 2.45) is 0 Å². The summed E-state index contributed by atoms with van der Waals surface area (Å²) in [6.07, 6.45) is 2.22. The summed E-state index contributed by atoms with van der Waals surface area (Å²) < 4.78 is 10.1. The van der Waals surface area contributed by atoms with Gasteiger partial charge < -0.3 is 14.6 Å². The molecule has 1 atom stereocenters. The van der Waals surface area contributed by atoms with Gasteiger partial charge >= 0.3 is 6.09 Å². The lowest BCUT2D eigenvalue weighted by atomic mass is 9.97. The van der Waals surface area contributed by atoms with Gasteiger partial charge in [-0.15, -0.1) is 0 Å². The number of amides is 2. The molecule has 8 heteroatoms. The van der Waals surface area contributed by atoms with Crippen LogP contribution in [0.4, 0.5) is 10.5 Å². The Balaban J connectivity index is 1.37. The summed E-state index contributed by atoms with van der Waals surface area (Å²) in [5, 5.41) is 15.4. The summed E-state index contributed by atoms with van der Waals surface area (Å²) in [6.45, 7) is 0.510. The minimum absolute atomic E-state index is 0.105. The third-order valence-corrected chi connectivity index (χ3v) is 4.72. The van der Waals surface area contributed by atoms with Crippen LogP contribution in [-0.4, -0.2) is 36.4 Å². The third-order valence-electron chi connectivity index (χ3n) is 4.72. The molecule has 2 fully saturated rings. The zero-order valence-corrected chi connectivity index (χ0v) is 13.8. The van der Waals surface area contributed by atoms with E-state index in [9.17, 15) is 14.9 Å². The number of hydrogen-bond donors (Lipinski definition) is 1.